The van der Waals surface area contributed by atoms with Crippen LogP contribution in [0.1, 0.15) is 23.4 Å². The van der Waals surface area contributed by atoms with Gasteiger partial charge < -0.3 is 14.7 Å². The third-order valence-corrected chi connectivity index (χ3v) is 4.66. The first-order chi connectivity index (χ1) is 12.5. The lowest BCUT2D eigenvalue weighted by Gasteiger charge is -2.32. The number of para-hydroxylation sites is 1. The number of carbonyl (C=O) groups is 2. The Morgan fingerprint density at radius 3 is 2.69 bits per heavy atom. The highest BCUT2D eigenvalue weighted by molar-refractivity contribution is 5.79. The number of nitrogens with zero attached hydrogens (tertiary/aromatic N) is 3. The number of morpholine rings is 1. The smallest absolute Gasteiger partial charge is 0.306 e. The highest BCUT2D eigenvalue weighted by Gasteiger charge is 2.27. The van der Waals surface area contributed by atoms with Gasteiger partial charge in [-0.2, -0.15) is 5.10 Å². The van der Waals surface area contributed by atoms with Crippen molar-refractivity contribution >= 4 is 11.9 Å². The van der Waals surface area contributed by atoms with Crippen molar-refractivity contribution in [2.75, 3.05) is 19.7 Å². The van der Waals surface area contributed by atoms with Crippen molar-refractivity contribution in [3.63, 3.8) is 0 Å². The summed E-state index contributed by atoms with van der Waals surface area (Å²) in [6, 6.07) is 9.80. The van der Waals surface area contributed by atoms with Crippen molar-refractivity contribution in [3.8, 4) is 5.69 Å². The van der Waals surface area contributed by atoms with Crippen molar-refractivity contribution in [1.82, 2.24) is 14.7 Å². The van der Waals surface area contributed by atoms with Gasteiger partial charge in [0, 0.05) is 24.3 Å². The number of aryl methyl sites for hydroxylation is 1. The lowest BCUT2D eigenvalue weighted by molar-refractivity contribution is -0.147. The van der Waals surface area contributed by atoms with Gasteiger partial charge in [-0.05, 0) is 26.0 Å². The van der Waals surface area contributed by atoms with Gasteiger partial charge in [-0.3, -0.25) is 9.59 Å². The maximum Gasteiger partial charge on any atom is 0.306 e. The summed E-state index contributed by atoms with van der Waals surface area (Å²) in [5, 5.41) is 13.5. The van der Waals surface area contributed by atoms with E-state index in [1.165, 1.54) is 0 Å². The Labute approximate surface area is 152 Å². The van der Waals surface area contributed by atoms with Crippen molar-refractivity contribution in [3.05, 3.63) is 47.3 Å². The third kappa shape index (κ3) is 3.94. The molecule has 0 saturated carbocycles. The van der Waals surface area contributed by atoms with Crippen LogP contribution in [-0.4, -0.2) is 57.5 Å². The first-order valence-corrected chi connectivity index (χ1v) is 8.67. The average molecular weight is 357 g/mol. The average Bonchev–Trinajstić information content (AvgIpc) is 2.90. The number of rotatable bonds is 5. The number of hydrogen-bond acceptors (Lipinski definition) is 4. The van der Waals surface area contributed by atoms with Gasteiger partial charge in [0.2, 0.25) is 5.91 Å². The maximum atomic E-state index is 12.7. The van der Waals surface area contributed by atoms with E-state index in [2.05, 4.69) is 5.10 Å². The molecule has 1 aromatic heterocycles. The zero-order valence-electron chi connectivity index (χ0n) is 15.0. The van der Waals surface area contributed by atoms with Crippen molar-refractivity contribution in [1.29, 1.82) is 0 Å². The summed E-state index contributed by atoms with van der Waals surface area (Å²) in [4.78, 5) is 25.3. The summed E-state index contributed by atoms with van der Waals surface area (Å²) in [6.07, 6.45) is -0.280. The molecule has 1 saturated heterocycles. The summed E-state index contributed by atoms with van der Waals surface area (Å²) in [6.45, 7) is 5.03. The Kier molecular flexibility index (Phi) is 5.37. The van der Waals surface area contributed by atoms with Crippen LogP contribution >= 0.6 is 0 Å². The zero-order valence-corrected chi connectivity index (χ0v) is 15.0. The minimum Gasteiger partial charge on any atom is -0.481 e. The second-order valence-electron chi connectivity index (χ2n) is 6.50. The van der Waals surface area contributed by atoms with E-state index >= 15 is 0 Å². The molecule has 0 spiro atoms. The monoisotopic (exact) mass is 357 g/mol. The SMILES string of the molecule is Cc1nn(-c2ccccc2)c(C)c1CC(=O)N1CCOC(CC(=O)O)C1. The van der Waals surface area contributed by atoms with Crippen LogP contribution in [0.3, 0.4) is 0 Å². The van der Waals surface area contributed by atoms with Gasteiger partial charge in [-0.15, -0.1) is 0 Å². The fourth-order valence-electron chi connectivity index (χ4n) is 3.28. The molecule has 1 aliphatic rings. The van der Waals surface area contributed by atoms with Crippen LogP contribution in [0.25, 0.3) is 5.69 Å². The molecule has 1 fully saturated rings. The number of carboxylic acid groups (broad SMARTS) is 1. The number of aromatic nitrogens is 2. The van der Waals surface area contributed by atoms with E-state index in [4.69, 9.17) is 9.84 Å². The topological polar surface area (TPSA) is 84.7 Å². The largest absolute Gasteiger partial charge is 0.481 e. The second-order valence-corrected chi connectivity index (χ2v) is 6.50. The number of amides is 1. The van der Waals surface area contributed by atoms with Gasteiger partial charge in [0.25, 0.3) is 0 Å². The van der Waals surface area contributed by atoms with E-state index in [1.54, 1.807) is 4.90 Å². The molecule has 26 heavy (non-hydrogen) atoms. The van der Waals surface area contributed by atoms with Crippen LogP contribution in [-0.2, 0) is 20.7 Å². The Morgan fingerprint density at radius 1 is 1.27 bits per heavy atom. The molecule has 1 unspecified atom stereocenters. The van der Waals surface area contributed by atoms with Crippen LogP contribution < -0.4 is 0 Å². The predicted molar refractivity (Wildman–Crippen MR) is 95.3 cm³/mol. The van der Waals surface area contributed by atoms with E-state index in [1.807, 2.05) is 48.9 Å². The third-order valence-electron chi connectivity index (χ3n) is 4.66. The van der Waals surface area contributed by atoms with Gasteiger partial charge >= 0.3 is 5.97 Å². The Morgan fingerprint density at radius 2 is 2.00 bits per heavy atom. The molecule has 138 valence electrons. The highest BCUT2D eigenvalue weighted by Crippen LogP contribution is 2.20. The van der Waals surface area contributed by atoms with Crippen LogP contribution in [0.15, 0.2) is 30.3 Å². The summed E-state index contributed by atoms with van der Waals surface area (Å²) in [5.74, 6) is -0.942. The molecule has 2 heterocycles. The summed E-state index contributed by atoms with van der Waals surface area (Å²) in [7, 11) is 0. The molecular weight excluding hydrogens is 334 g/mol. The Hall–Kier alpha value is -2.67. The van der Waals surface area contributed by atoms with E-state index in [0.717, 1.165) is 22.6 Å². The van der Waals surface area contributed by atoms with Crippen molar-refractivity contribution in [2.45, 2.75) is 32.8 Å². The lowest BCUT2D eigenvalue weighted by atomic mass is 10.1. The van der Waals surface area contributed by atoms with Crippen molar-refractivity contribution < 1.29 is 19.4 Å². The predicted octanol–water partition coefficient (Wildman–Crippen LogP) is 1.73. The van der Waals surface area contributed by atoms with Crippen LogP contribution in [0.5, 0.6) is 0 Å². The lowest BCUT2D eigenvalue weighted by Crippen LogP contribution is -2.46. The molecule has 7 nitrogen and oxygen atoms in total. The number of carbonyl (C=O) groups excluding carboxylic acids is 1. The van der Waals surface area contributed by atoms with E-state index < -0.39 is 12.1 Å². The second kappa shape index (κ2) is 7.70. The Balaban J connectivity index is 1.73. The van der Waals surface area contributed by atoms with Gasteiger partial charge in [0.05, 0.1) is 36.9 Å². The number of hydrogen-bond donors (Lipinski definition) is 1. The molecule has 3 rings (SSSR count). The molecule has 1 aliphatic heterocycles. The molecule has 7 heteroatoms. The first kappa shape index (κ1) is 18.1. The molecule has 1 atom stereocenters. The molecule has 0 aliphatic carbocycles. The molecule has 2 aromatic rings. The minimum atomic E-state index is -0.917. The molecule has 0 radical (unpaired) electrons. The van der Waals surface area contributed by atoms with Crippen molar-refractivity contribution in [2.24, 2.45) is 0 Å². The quantitative estimate of drug-likeness (QED) is 0.881. The number of aliphatic carboxylic acids is 1. The minimum absolute atomic E-state index is 0.0255. The number of ether oxygens (including phenoxy) is 1. The summed E-state index contributed by atoms with van der Waals surface area (Å²) >= 11 is 0. The fraction of sp³-hybridized carbons (Fsp3) is 0.421. The van der Waals surface area contributed by atoms with Crippen LogP contribution in [0.2, 0.25) is 0 Å². The zero-order chi connectivity index (χ0) is 18.7. The molecule has 1 aromatic carbocycles. The molecule has 0 bridgehead atoms. The summed E-state index contributed by atoms with van der Waals surface area (Å²) < 4.78 is 7.29. The highest BCUT2D eigenvalue weighted by atomic mass is 16.5. The van der Waals surface area contributed by atoms with Gasteiger partial charge in [0.1, 0.15) is 0 Å². The van der Waals surface area contributed by atoms with Gasteiger partial charge in [-0.25, -0.2) is 4.68 Å². The summed E-state index contributed by atoms with van der Waals surface area (Å²) in [5.41, 5.74) is 3.65. The normalized spacial score (nSPS) is 17.3. The van der Waals surface area contributed by atoms with E-state index in [0.29, 0.717) is 19.7 Å². The maximum absolute atomic E-state index is 12.7. The Bertz CT molecular complexity index is 801. The molecular formula is C19H23N3O4. The van der Waals surface area contributed by atoms with E-state index in [9.17, 15) is 9.59 Å². The first-order valence-electron chi connectivity index (χ1n) is 8.67. The number of benzene rings is 1. The standard InChI is InChI=1S/C19H23N3O4/c1-13-17(14(2)22(20-13)15-6-4-3-5-7-15)11-18(23)21-8-9-26-16(12-21)10-19(24)25/h3-7,16H,8-12H2,1-2H3,(H,24,25). The molecule has 1 amide bonds. The van der Waals surface area contributed by atoms with Gasteiger partial charge in [0.15, 0.2) is 0 Å². The fourth-order valence-corrected chi connectivity index (χ4v) is 3.28. The van der Waals surface area contributed by atoms with Crippen LogP contribution in [0.4, 0.5) is 0 Å². The van der Waals surface area contributed by atoms with E-state index in [-0.39, 0.29) is 18.7 Å². The number of carboxylic acids is 1. The molecule has 1 N–H and O–H groups in total. The van der Waals surface area contributed by atoms with Crippen LogP contribution in [0, 0.1) is 13.8 Å². The van der Waals surface area contributed by atoms with Gasteiger partial charge in [-0.1, -0.05) is 18.2 Å².